The molecule has 5 nitrogen and oxygen atoms in total. The molecule has 1 aromatic carbocycles. The van der Waals surface area contributed by atoms with Gasteiger partial charge in [0.15, 0.2) is 0 Å². The average molecular weight is 343 g/mol. The molecule has 0 bridgehead atoms. The van der Waals surface area contributed by atoms with Crippen LogP contribution in [0.15, 0.2) is 22.7 Å². The number of rotatable bonds is 3. The van der Waals surface area contributed by atoms with Crippen LogP contribution in [0, 0.1) is 0 Å². The van der Waals surface area contributed by atoms with E-state index in [4.69, 9.17) is 9.47 Å². The maximum Gasteiger partial charge on any atom is 0.322 e. The molecule has 2 amide bonds. The van der Waals surface area contributed by atoms with Gasteiger partial charge in [-0.1, -0.05) is 6.92 Å². The predicted molar refractivity (Wildman–Crippen MR) is 81.3 cm³/mol. The average Bonchev–Trinajstić information content (AvgIpc) is 2.49. The molecule has 0 aromatic heterocycles. The van der Waals surface area contributed by atoms with E-state index in [0.29, 0.717) is 25.5 Å². The SMILES string of the molecule is CC[C@H]1COCCN1C(=O)Nc1ccc(Br)c(OC)c1. The third-order valence-corrected chi connectivity index (χ3v) is 4.02. The van der Waals surface area contributed by atoms with E-state index in [1.54, 1.807) is 13.2 Å². The number of urea groups is 1. The molecule has 1 atom stereocenters. The first kappa shape index (κ1) is 15.1. The normalized spacial score (nSPS) is 18.8. The number of anilines is 1. The highest BCUT2D eigenvalue weighted by Gasteiger charge is 2.25. The van der Waals surface area contributed by atoms with Crippen LogP contribution < -0.4 is 10.1 Å². The van der Waals surface area contributed by atoms with E-state index in [-0.39, 0.29) is 12.1 Å². The zero-order valence-electron chi connectivity index (χ0n) is 11.7. The van der Waals surface area contributed by atoms with Crippen LogP contribution in [-0.4, -0.2) is 43.8 Å². The van der Waals surface area contributed by atoms with Crippen molar-refractivity contribution in [2.45, 2.75) is 19.4 Å². The molecule has 1 saturated heterocycles. The number of nitrogens with one attached hydrogen (secondary N) is 1. The Balaban J connectivity index is 2.06. The predicted octanol–water partition coefficient (Wildman–Crippen LogP) is 3.10. The number of benzene rings is 1. The first-order chi connectivity index (χ1) is 9.65. The fraction of sp³-hybridized carbons (Fsp3) is 0.500. The van der Waals surface area contributed by atoms with E-state index >= 15 is 0 Å². The molecule has 0 radical (unpaired) electrons. The zero-order valence-corrected chi connectivity index (χ0v) is 13.3. The second kappa shape index (κ2) is 6.95. The van der Waals surface area contributed by atoms with Crippen LogP contribution in [-0.2, 0) is 4.74 Å². The van der Waals surface area contributed by atoms with E-state index in [1.807, 2.05) is 17.0 Å². The van der Waals surface area contributed by atoms with Gasteiger partial charge in [0.25, 0.3) is 0 Å². The number of ether oxygens (including phenoxy) is 2. The molecule has 110 valence electrons. The van der Waals surface area contributed by atoms with Gasteiger partial charge in [0.1, 0.15) is 5.75 Å². The molecule has 1 aliphatic rings. The summed E-state index contributed by atoms with van der Waals surface area (Å²) in [5, 5.41) is 2.91. The summed E-state index contributed by atoms with van der Waals surface area (Å²) in [6, 6.07) is 5.53. The summed E-state index contributed by atoms with van der Waals surface area (Å²) in [7, 11) is 1.60. The fourth-order valence-electron chi connectivity index (χ4n) is 2.19. The second-order valence-electron chi connectivity index (χ2n) is 4.61. The molecule has 0 aliphatic carbocycles. The number of amides is 2. The Bertz CT molecular complexity index is 481. The summed E-state index contributed by atoms with van der Waals surface area (Å²) < 4.78 is 11.5. The largest absolute Gasteiger partial charge is 0.495 e. The summed E-state index contributed by atoms with van der Waals surface area (Å²) >= 11 is 3.39. The maximum atomic E-state index is 12.3. The monoisotopic (exact) mass is 342 g/mol. The van der Waals surface area contributed by atoms with Crippen LogP contribution in [0.5, 0.6) is 5.75 Å². The summed E-state index contributed by atoms with van der Waals surface area (Å²) in [5.41, 5.74) is 0.719. The Hall–Kier alpha value is -1.27. The molecular weight excluding hydrogens is 324 g/mol. The third-order valence-electron chi connectivity index (χ3n) is 3.36. The Morgan fingerprint density at radius 1 is 1.60 bits per heavy atom. The van der Waals surface area contributed by atoms with Gasteiger partial charge in [0, 0.05) is 18.3 Å². The molecule has 2 rings (SSSR count). The number of hydrogen-bond acceptors (Lipinski definition) is 3. The molecule has 1 heterocycles. The van der Waals surface area contributed by atoms with Gasteiger partial charge in [-0.3, -0.25) is 0 Å². The van der Waals surface area contributed by atoms with Gasteiger partial charge >= 0.3 is 6.03 Å². The Labute approximate surface area is 127 Å². The highest BCUT2D eigenvalue weighted by molar-refractivity contribution is 9.10. The minimum absolute atomic E-state index is 0.0930. The van der Waals surface area contributed by atoms with Crippen LogP contribution in [0.2, 0.25) is 0 Å². The van der Waals surface area contributed by atoms with Crippen molar-refractivity contribution >= 4 is 27.6 Å². The molecule has 0 saturated carbocycles. The van der Waals surface area contributed by atoms with Crippen LogP contribution in [0.25, 0.3) is 0 Å². The lowest BCUT2D eigenvalue weighted by molar-refractivity contribution is 0.0144. The standard InChI is InChI=1S/C14H19BrN2O3/c1-3-11-9-20-7-6-17(11)14(18)16-10-4-5-12(15)13(8-10)19-2/h4-5,8,11H,3,6-7,9H2,1-2H3,(H,16,18)/t11-/m0/s1. The molecule has 1 aromatic rings. The summed E-state index contributed by atoms with van der Waals surface area (Å²) in [6.45, 7) is 3.88. The number of carbonyl (C=O) groups excluding carboxylic acids is 1. The second-order valence-corrected chi connectivity index (χ2v) is 5.46. The van der Waals surface area contributed by atoms with Crippen molar-refractivity contribution in [2.24, 2.45) is 0 Å². The van der Waals surface area contributed by atoms with E-state index in [9.17, 15) is 4.79 Å². The van der Waals surface area contributed by atoms with Crippen LogP contribution in [0.1, 0.15) is 13.3 Å². The van der Waals surface area contributed by atoms with Gasteiger partial charge in [-0.15, -0.1) is 0 Å². The maximum absolute atomic E-state index is 12.3. The fourth-order valence-corrected chi connectivity index (χ4v) is 2.60. The molecule has 6 heteroatoms. The van der Waals surface area contributed by atoms with Gasteiger partial charge in [0.2, 0.25) is 0 Å². The van der Waals surface area contributed by atoms with E-state index in [0.717, 1.165) is 16.6 Å². The lowest BCUT2D eigenvalue weighted by atomic mass is 10.2. The first-order valence-electron chi connectivity index (χ1n) is 6.64. The molecule has 1 N–H and O–H groups in total. The van der Waals surface area contributed by atoms with Gasteiger partial charge in [-0.2, -0.15) is 0 Å². The van der Waals surface area contributed by atoms with Crippen molar-refractivity contribution in [3.63, 3.8) is 0 Å². The number of halogens is 1. The van der Waals surface area contributed by atoms with Gasteiger partial charge < -0.3 is 19.7 Å². The minimum Gasteiger partial charge on any atom is -0.495 e. The van der Waals surface area contributed by atoms with Crippen LogP contribution in [0.3, 0.4) is 0 Å². The third kappa shape index (κ3) is 3.43. The molecule has 0 spiro atoms. The molecule has 1 fully saturated rings. The highest BCUT2D eigenvalue weighted by Crippen LogP contribution is 2.28. The topological polar surface area (TPSA) is 50.8 Å². The smallest absolute Gasteiger partial charge is 0.322 e. The van der Waals surface area contributed by atoms with E-state index in [2.05, 4.69) is 28.2 Å². The number of morpholine rings is 1. The first-order valence-corrected chi connectivity index (χ1v) is 7.44. The lowest BCUT2D eigenvalue weighted by Gasteiger charge is -2.35. The van der Waals surface area contributed by atoms with Gasteiger partial charge in [0.05, 0.1) is 30.8 Å². The van der Waals surface area contributed by atoms with Crippen molar-refractivity contribution in [3.8, 4) is 5.75 Å². The van der Waals surface area contributed by atoms with E-state index in [1.165, 1.54) is 0 Å². The number of nitrogens with zero attached hydrogens (tertiary/aromatic N) is 1. The lowest BCUT2D eigenvalue weighted by Crippen LogP contribution is -2.50. The van der Waals surface area contributed by atoms with Crippen LogP contribution in [0.4, 0.5) is 10.5 Å². The van der Waals surface area contributed by atoms with Gasteiger partial charge in [-0.25, -0.2) is 4.79 Å². The molecular formula is C14H19BrN2O3. The van der Waals surface area contributed by atoms with Gasteiger partial charge in [-0.05, 0) is 34.5 Å². The summed E-state index contributed by atoms with van der Waals surface area (Å²) in [6.07, 6.45) is 0.886. The number of carbonyl (C=O) groups is 1. The molecule has 20 heavy (non-hydrogen) atoms. The Morgan fingerprint density at radius 2 is 2.40 bits per heavy atom. The number of hydrogen-bond donors (Lipinski definition) is 1. The summed E-state index contributed by atoms with van der Waals surface area (Å²) in [4.78, 5) is 14.2. The van der Waals surface area contributed by atoms with Crippen LogP contribution >= 0.6 is 15.9 Å². The zero-order chi connectivity index (χ0) is 14.5. The quantitative estimate of drug-likeness (QED) is 0.918. The molecule has 1 aliphatic heterocycles. The van der Waals surface area contributed by atoms with Crippen molar-refractivity contribution in [1.29, 1.82) is 0 Å². The minimum atomic E-state index is -0.0930. The Morgan fingerprint density at radius 3 is 3.10 bits per heavy atom. The van der Waals surface area contributed by atoms with E-state index < -0.39 is 0 Å². The van der Waals surface area contributed by atoms with Crippen molar-refractivity contribution < 1.29 is 14.3 Å². The van der Waals surface area contributed by atoms with Crippen molar-refractivity contribution in [1.82, 2.24) is 4.90 Å². The van der Waals surface area contributed by atoms with Crippen molar-refractivity contribution in [3.05, 3.63) is 22.7 Å². The number of methoxy groups -OCH3 is 1. The van der Waals surface area contributed by atoms with Crippen molar-refractivity contribution in [2.75, 3.05) is 32.2 Å². The Kier molecular flexibility index (Phi) is 5.25. The highest BCUT2D eigenvalue weighted by atomic mass is 79.9. The summed E-state index contributed by atoms with van der Waals surface area (Å²) in [5.74, 6) is 0.691. The molecule has 0 unspecified atom stereocenters.